The lowest BCUT2D eigenvalue weighted by Crippen LogP contribution is -2.53. The van der Waals surface area contributed by atoms with E-state index in [1.807, 2.05) is 0 Å². The summed E-state index contributed by atoms with van der Waals surface area (Å²) in [7, 11) is -3.60. The third-order valence-electron chi connectivity index (χ3n) is 3.14. The van der Waals surface area contributed by atoms with Crippen molar-refractivity contribution < 1.29 is 31.5 Å². The fourth-order valence-electron chi connectivity index (χ4n) is 2.60. The molecule has 0 unspecified atom stereocenters. The van der Waals surface area contributed by atoms with Crippen LogP contribution in [-0.4, -0.2) is 57.8 Å². The molecule has 104 valence electrons. The summed E-state index contributed by atoms with van der Waals surface area (Å²) in [6.07, 6.45) is -1.65. The zero-order valence-electron chi connectivity index (χ0n) is 10.4. The third-order valence-corrected chi connectivity index (χ3v) is 3.71. The van der Waals surface area contributed by atoms with Crippen LogP contribution in [0.5, 0.6) is 0 Å². The molecule has 0 aromatic carbocycles. The van der Waals surface area contributed by atoms with E-state index in [0.29, 0.717) is 0 Å². The number of ether oxygens (including phenoxy) is 4. The zero-order valence-corrected chi connectivity index (χ0v) is 11.2. The highest BCUT2D eigenvalue weighted by Gasteiger charge is 2.59. The van der Waals surface area contributed by atoms with E-state index in [-0.39, 0.29) is 6.61 Å². The molecular weight excluding hydrogens is 264 g/mol. The van der Waals surface area contributed by atoms with Crippen molar-refractivity contribution in [3.8, 4) is 0 Å². The molecule has 2 bridgehead atoms. The summed E-state index contributed by atoms with van der Waals surface area (Å²) in [6, 6.07) is 0. The molecule has 18 heavy (non-hydrogen) atoms. The van der Waals surface area contributed by atoms with E-state index in [9.17, 15) is 8.42 Å². The van der Waals surface area contributed by atoms with Gasteiger partial charge in [-0.05, 0) is 13.8 Å². The van der Waals surface area contributed by atoms with Crippen LogP contribution in [-0.2, 0) is 33.2 Å². The standard InChI is InChI=1S/C10H16O7S/c1-10(2)15-7-6(17-18(3,11)12)5-4-13-9(14-5)8(7)16-10/h5-9H,4H2,1-3H3/t5-,6-,7-,8-,9+/m0/s1. The molecule has 0 amide bonds. The third kappa shape index (κ3) is 2.17. The second kappa shape index (κ2) is 3.87. The lowest BCUT2D eigenvalue weighted by atomic mass is 10.0. The molecule has 3 aliphatic rings. The predicted octanol–water partition coefficient (Wildman–Crippen LogP) is -0.394. The highest BCUT2D eigenvalue weighted by Crippen LogP contribution is 2.41. The van der Waals surface area contributed by atoms with Gasteiger partial charge in [0.05, 0.1) is 12.9 Å². The summed E-state index contributed by atoms with van der Waals surface area (Å²) >= 11 is 0. The van der Waals surface area contributed by atoms with Gasteiger partial charge in [-0.3, -0.25) is 4.18 Å². The Hall–Kier alpha value is -0.250. The van der Waals surface area contributed by atoms with Crippen LogP contribution >= 0.6 is 0 Å². The summed E-state index contributed by atoms with van der Waals surface area (Å²) in [5.41, 5.74) is 0. The van der Waals surface area contributed by atoms with Crippen LogP contribution in [0.4, 0.5) is 0 Å². The van der Waals surface area contributed by atoms with Crippen molar-refractivity contribution in [2.24, 2.45) is 0 Å². The van der Waals surface area contributed by atoms with Gasteiger partial charge in [-0.2, -0.15) is 8.42 Å². The maximum Gasteiger partial charge on any atom is 0.264 e. The Kier molecular flexibility index (Phi) is 2.75. The Bertz CT molecular complexity index is 445. The molecule has 0 aliphatic carbocycles. The van der Waals surface area contributed by atoms with E-state index in [1.165, 1.54) is 0 Å². The average Bonchev–Trinajstić information content (AvgIpc) is 2.74. The molecule has 5 atom stereocenters. The van der Waals surface area contributed by atoms with Gasteiger partial charge in [0.15, 0.2) is 12.1 Å². The first kappa shape index (κ1) is 12.8. The topological polar surface area (TPSA) is 80.3 Å². The van der Waals surface area contributed by atoms with Crippen molar-refractivity contribution >= 4 is 10.1 Å². The Balaban J connectivity index is 1.88. The van der Waals surface area contributed by atoms with Crippen molar-refractivity contribution in [1.82, 2.24) is 0 Å². The molecule has 7 nitrogen and oxygen atoms in total. The van der Waals surface area contributed by atoms with Crippen molar-refractivity contribution in [1.29, 1.82) is 0 Å². The fourth-order valence-corrected chi connectivity index (χ4v) is 3.23. The highest BCUT2D eigenvalue weighted by atomic mass is 32.2. The fraction of sp³-hybridized carbons (Fsp3) is 1.00. The van der Waals surface area contributed by atoms with Gasteiger partial charge < -0.3 is 18.9 Å². The smallest absolute Gasteiger partial charge is 0.264 e. The van der Waals surface area contributed by atoms with Gasteiger partial charge in [0.1, 0.15) is 24.4 Å². The van der Waals surface area contributed by atoms with Gasteiger partial charge in [-0.25, -0.2) is 0 Å². The molecule has 3 heterocycles. The normalized spacial score (nSPS) is 46.1. The largest absolute Gasteiger partial charge is 0.347 e. The second-order valence-corrected chi connectivity index (χ2v) is 6.81. The summed E-state index contributed by atoms with van der Waals surface area (Å²) in [6.45, 7) is 3.80. The minimum absolute atomic E-state index is 0.283. The summed E-state index contributed by atoms with van der Waals surface area (Å²) in [5.74, 6) is -0.800. The quantitative estimate of drug-likeness (QED) is 0.637. The van der Waals surface area contributed by atoms with Crippen molar-refractivity contribution in [2.45, 2.75) is 50.3 Å². The Morgan fingerprint density at radius 1 is 1.22 bits per heavy atom. The molecule has 3 aliphatic heterocycles. The molecule has 8 heteroatoms. The first-order valence-corrected chi connectivity index (χ1v) is 7.58. The zero-order chi connectivity index (χ0) is 13.1. The molecule has 0 saturated carbocycles. The monoisotopic (exact) mass is 280 g/mol. The summed E-state index contributed by atoms with van der Waals surface area (Å²) in [4.78, 5) is 0. The van der Waals surface area contributed by atoms with Crippen molar-refractivity contribution in [3.63, 3.8) is 0 Å². The molecular formula is C10H16O7S. The molecule has 3 rings (SSSR count). The van der Waals surface area contributed by atoms with Crippen molar-refractivity contribution in [3.05, 3.63) is 0 Å². The van der Waals surface area contributed by atoms with Crippen LogP contribution < -0.4 is 0 Å². The molecule has 0 N–H and O–H groups in total. The van der Waals surface area contributed by atoms with Gasteiger partial charge in [0, 0.05) is 0 Å². The van der Waals surface area contributed by atoms with Crippen LogP contribution in [0.25, 0.3) is 0 Å². The molecule has 0 spiro atoms. The Morgan fingerprint density at radius 2 is 1.89 bits per heavy atom. The number of hydrogen-bond donors (Lipinski definition) is 0. The summed E-state index contributed by atoms with van der Waals surface area (Å²) in [5, 5.41) is 0. The van der Waals surface area contributed by atoms with E-state index >= 15 is 0 Å². The Labute approximate surface area is 105 Å². The minimum atomic E-state index is -3.60. The van der Waals surface area contributed by atoms with Gasteiger partial charge in [-0.1, -0.05) is 0 Å². The molecule has 0 aromatic heterocycles. The van der Waals surface area contributed by atoms with Gasteiger partial charge >= 0.3 is 0 Å². The lowest BCUT2D eigenvalue weighted by molar-refractivity contribution is -0.195. The van der Waals surface area contributed by atoms with Crippen molar-refractivity contribution in [2.75, 3.05) is 12.9 Å². The molecule has 0 aromatic rings. The molecule has 0 radical (unpaired) electrons. The number of hydrogen-bond acceptors (Lipinski definition) is 7. The van der Waals surface area contributed by atoms with Crippen LogP contribution in [0, 0.1) is 0 Å². The van der Waals surface area contributed by atoms with E-state index in [4.69, 9.17) is 23.1 Å². The van der Waals surface area contributed by atoms with Crippen LogP contribution in [0.2, 0.25) is 0 Å². The maximum absolute atomic E-state index is 11.3. The minimum Gasteiger partial charge on any atom is -0.347 e. The van der Waals surface area contributed by atoms with Crippen LogP contribution in [0.3, 0.4) is 0 Å². The van der Waals surface area contributed by atoms with Gasteiger partial charge in [0.25, 0.3) is 10.1 Å². The van der Waals surface area contributed by atoms with Crippen LogP contribution in [0.1, 0.15) is 13.8 Å². The SMILES string of the molecule is CC1(C)O[C@@H]2[C@H](O1)[C@@H]1OC[C@H](O1)[C@@H]2OS(C)(=O)=O. The van der Waals surface area contributed by atoms with Gasteiger partial charge in [0.2, 0.25) is 0 Å². The lowest BCUT2D eigenvalue weighted by Gasteiger charge is -2.33. The second-order valence-electron chi connectivity index (χ2n) is 5.21. The van der Waals surface area contributed by atoms with E-state index in [0.717, 1.165) is 6.26 Å². The summed E-state index contributed by atoms with van der Waals surface area (Å²) < 4.78 is 50.1. The average molecular weight is 280 g/mol. The predicted molar refractivity (Wildman–Crippen MR) is 58.2 cm³/mol. The molecule has 3 fully saturated rings. The Morgan fingerprint density at radius 3 is 2.56 bits per heavy atom. The van der Waals surface area contributed by atoms with Crippen LogP contribution in [0.15, 0.2) is 0 Å². The highest BCUT2D eigenvalue weighted by molar-refractivity contribution is 7.86. The maximum atomic E-state index is 11.3. The van der Waals surface area contributed by atoms with Gasteiger partial charge in [-0.15, -0.1) is 0 Å². The number of rotatable bonds is 2. The first-order chi connectivity index (χ1) is 8.25. The van der Waals surface area contributed by atoms with E-state index < -0.39 is 46.6 Å². The van der Waals surface area contributed by atoms with E-state index in [2.05, 4.69) is 0 Å². The number of fused-ring (bicyclic) bond motifs is 4. The van der Waals surface area contributed by atoms with E-state index in [1.54, 1.807) is 13.8 Å². The first-order valence-electron chi connectivity index (χ1n) is 5.76. The molecule has 3 saturated heterocycles.